The Hall–Kier alpha value is -2.01. The second-order valence-electron chi connectivity index (χ2n) is 4.44. The smallest absolute Gasteiger partial charge is 0.232 e. The van der Waals surface area contributed by atoms with E-state index in [1.165, 1.54) is 15.8 Å². The van der Waals surface area contributed by atoms with E-state index < -0.39 is 0 Å². The van der Waals surface area contributed by atoms with Crippen molar-refractivity contribution in [3.8, 4) is 0 Å². The number of nitrogens with zero attached hydrogens (tertiary/aromatic N) is 4. The van der Waals surface area contributed by atoms with Gasteiger partial charge in [-0.1, -0.05) is 23.5 Å². The molecule has 3 heterocycles. The highest BCUT2D eigenvalue weighted by Crippen LogP contribution is 2.30. The van der Waals surface area contributed by atoms with Crippen molar-refractivity contribution < 1.29 is 4.57 Å². The maximum atomic E-state index is 4.60. The van der Waals surface area contributed by atoms with Crippen LogP contribution in [0.15, 0.2) is 30.6 Å². The van der Waals surface area contributed by atoms with Crippen molar-refractivity contribution in [3.05, 3.63) is 36.2 Å². The van der Waals surface area contributed by atoms with Crippen molar-refractivity contribution in [1.82, 2.24) is 14.4 Å². The van der Waals surface area contributed by atoms with Gasteiger partial charge in [-0.15, -0.1) is 0 Å². The quantitative estimate of drug-likeness (QED) is 0.452. The molecular formula is C13H11N4S+. The second kappa shape index (κ2) is 3.26. The summed E-state index contributed by atoms with van der Waals surface area (Å²) in [5, 5.41) is 0. The molecule has 1 aromatic carbocycles. The van der Waals surface area contributed by atoms with Crippen LogP contribution < -0.4 is 4.57 Å². The molecule has 88 valence electrons. The Kier molecular flexibility index (Phi) is 1.81. The SMILES string of the molecule is Cc1cccc2sc3nc4ncc[n+](C)c4n3c12. The van der Waals surface area contributed by atoms with E-state index in [1.807, 2.05) is 13.2 Å². The van der Waals surface area contributed by atoms with Crippen molar-refractivity contribution >= 4 is 37.8 Å². The van der Waals surface area contributed by atoms with Crippen LogP contribution in [0.4, 0.5) is 0 Å². The van der Waals surface area contributed by atoms with Crippen LogP contribution in [0.1, 0.15) is 5.56 Å². The summed E-state index contributed by atoms with van der Waals surface area (Å²) in [5.41, 5.74) is 4.36. The van der Waals surface area contributed by atoms with Gasteiger partial charge >= 0.3 is 5.65 Å². The van der Waals surface area contributed by atoms with E-state index >= 15 is 0 Å². The maximum absolute atomic E-state index is 4.60. The van der Waals surface area contributed by atoms with Gasteiger partial charge in [-0.2, -0.15) is 9.38 Å². The molecule has 0 N–H and O–H groups in total. The number of para-hydroxylation sites is 1. The van der Waals surface area contributed by atoms with Gasteiger partial charge in [-0.3, -0.25) is 0 Å². The molecule has 0 radical (unpaired) electrons. The van der Waals surface area contributed by atoms with Gasteiger partial charge in [-0.25, -0.2) is 9.55 Å². The summed E-state index contributed by atoms with van der Waals surface area (Å²) in [6.07, 6.45) is 3.74. The summed E-state index contributed by atoms with van der Waals surface area (Å²) < 4.78 is 5.54. The van der Waals surface area contributed by atoms with Crippen LogP contribution in [0.5, 0.6) is 0 Å². The summed E-state index contributed by atoms with van der Waals surface area (Å²) in [4.78, 5) is 9.95. The van der Waals surface area contributed by atoms with Gasteiger partial charge in [0.2, 0.25) is 5.65 Å². The Morgan fingerprint density at radius 2 is 2.22 bits per heavy atom. The van der Waals surface area contributed by atoms with E-state index in [4.69, 9.17) is 0 Å². The lowest BCUT2D eigenvalue weighted by atomic mass is 10.2. The average molecular weight is 255 g/mol. The molecule has 0 fully saturated rings. The molecule has 4 nitrogen and oxygen atoms in total. The van der Waals surface area contributed by atoms with Gasteiger partial charge < -0.3 is 0 Å². The summed E-state index contributed by atoms with van der Waals surface area (Å²) in [6.45, 7) is 2.14. The summed E-state index contributed by atoms with van der Waals surface area (Å²) in [6, 6.07) is 6.37. The fraction of sp³-hybridized carbons (Fsp3) is 0.154. The number of aryl methyl sites for hydroxylation is 2. The maximum Gasteiger partial charge on any atom is 0.334 e. The van der Waals surface area contributed by atoms with Crippen LogP contribution in [0.3, 0.4) is 0 Å². The molecule has 0 saturated heterocycles. The van der Waals surface area contributed by atoms with Crippen LogP contribution in [-0.4, -0.2) is 14.4 Å². The Bertz CT molecular complexity index is 832. The lowest BCUT2D eigenvalue weighted by molar-refractivity contribution is -0.647. The minimum atomic E-state index is 0.802. The van der Waals surface area contributed by atoms with E-state index in [9.17, 15) is 0 Å². The molecule has 0 spiro atoms. The van der Waals surface area contributed by atoms with Gasteiger partial charge in [0.05, 0.1) is 17.9 Å². The molecule has 0 bridgehead atoms. The van der Waals surface area contributed by atoms with Crippen molar-refractivity contribution in [2.45, 2.75) is 6.92 Å². The standard InChI is InChI=1S/C13H11N4S/c1-8-4-3-5-9-10(8)17-12-11(15-13(17)18-9)14-6-7-16(12)2/h3-7H,1-2H3/q+1. The van der Waals surface area contributed by atoms with E-state index in [0.29, 0.717) is 0 Å². The Morgan fingerprint density at radius 3 is 3.11 bits per heavy atom. The van der Waals surface area contributed by atoms with Crippen molar-refractivity contribution in [2.75, 3.05) is 0 Å². The second-order valence-corrected chi connectivity index (χ2v) is 5.45. The van der Waals surface area contributed by atoms with E-state index in [-0.39, 0.29) is 0 Å². The van der Waals surface area contributed by atoms with Crippen molar-refractivity contribution in [1.29, 1.82) is 0 Å². The third kappa shape index (κ3) is 1.12. The minimum Gasteiger partial charge on any atom is -0.232 e. The molecule has 18 heavy (non-hydrogen) atoms. The first kappa shape index (κ1) is 9.96. The third-order valence-corrected chi connectivity index (χ3v) is 4.26. The summed E-state index contributed by atoms with van der Waals surface area (Å²) >= 11 is 1.71. The Labute approximate surface area is 107 Å². The monoisotopic (exact) mass is 255 g/mol. The molecule has 0 aliphatic carbocycles. The Morgan fingerprint density at radius 1 is 1.33 bits per heavy atom. The molecule has 0 unspecified atom stereocenters. The number of fused-ring (bicyclic) bond motifs is 5. The number of hydrogen-bond donors (Lipinski definition) is 0. The molecule has 4 aromatic rings. The van der Waals surface area contributed by atoms with E-state index in [0.717, 1.165) is 16.3 Å². The normalized spacial score (nSPS) is 11.9. The number of rotatable bonds is 0. The number of imidazole rings is 1. The zero-order chi connectivity index (χ0) is 12.3. The number of aromatic nitrogens is 4. The van der Waals surface area contributed by atoms with Crippen molar-refractivity contribution in [3.63, 3.8) is 0 Å². The lowest BCUT2D eigenvalue weighted by Crippen LogP contribution is -2.29. The first-order valence-electron chi connectivity index (χ1n) is 5.76. The third-order valence-electron chi connectivity index (χ3n) is 3.25. The fourth-order valence-corrected chi connectivity index (χ4v) is 3.52. The van der Waals surface area contributed by atoms with Gasteiger partial charge in [0.25, 0.3) is 4.96 Å². The molecule has 3 aromatic heterocycles. The first-order valence-corrected chi connectivity index (χ1v) is 6.58. The molecule has 0 atom stereocenters. The van der Waals surface area contributed by atoms with Crippen LogP contribution in [0, 0.1) is 6.92 Å². The topological polar surface area (TPSA) is 34.1 Å². The largest absolute Gasteiger partial charge is 0.334 e. The first-order chi connectivity index (χ1) is 8.75. The zero-order valence-electron chi connectivity index (χ0n) is 10.1. The van der Waals surface area contributed by atoms with Gasteiger partial charge in [0, 0.05) is 0 Å². The van der Waals surface area contributed by atoms with Gasteiger partial charge in [0.15, 0.2) is 5.52 Å². The molecule has 0 aliphatic rings. The highest BCUT2D eigenvalue weighted by atomic mass is 32.1. The number of hydrogen-bond acceptors (Lipinski definition) is 3. The average Bonchev–Trinajstić information content (AvgIpc) is 2.84. The summed E-state index contributed by atoms with van der Waals surface area (Å²) in [5.74, 6) is 0. The molecule has 0 aliphatic heterocycles. The predicted octanol–water partition coefficient (Wildman–Crippen LogP) is 2.23. The number of benzene rings is 1. The molecular weight excluding hydrogens is 244 g/mol. The van der Waals surface area contributed by atoms with E-state index in [2.05, 4.69) is 44.1 Å². The summed E-state index contributed by atoms with van der Waals surface area (Å²) in [7, 11) is 2.03. The fourth-order valence-electron chi connectivity index (χ4n) is 2.43. The molecule has 0 saturated carbocycles. The highest BCUT2D eigenvalue weighted by molar-refractivity contribution is 7.23. The molecule has 5 heteroatoms. The Balaban J connectivity index is 2.40. The zero-order valence-corrected chi connectivity index (χ0v) is 10.9. The molecule has 0 amide bonds. The van der Waals surface area contributed by atoms with Gasteiger partial charge in [0.1, 0.15) is 6.20 Å². The predicted molar refractivity (Wildman–Crippen MR) is 71.8 cm³/mol. The van der Waals surface area contributed by atoms with E-state index in [1.54, 1.807) is 17.5 Å². The minimum absolute atomic E-state index is 0.802. The van der Waals surface area contributed by atoms with Crippen LogP contribution in [0.25, 0.3) is 26.5 Å². The van der Waals surface area contributed by atoms with Crippen LogP contribution in [-0.2, 0) is 7.05 Å². The number of thiazole rings is 1. The highest BCUT2D eigenvalue weighted by Gasteiger charge is 2.22. The van der Waals surface area contributed by atoms with Crippen molar-refractivity contribution in [2.24, 2.45) is 7.05 Å². The van der Waals surface area contributed by atoms with Gasteiger partial charge in [-0.05, 0) is 18.6 Å². The molecule has 4 rings (SSSR count). The lowest BCUT2D eigenvalue weighted by Gasteiger charge is -1.94. The van der Waals surface area contributed by atoms with Crippen LogP contribution in [0.2, 0.25) is 0 Å². The van der Waals surface area contributed by atoms with Crippen LogP contribution >= 0.6 is 11.3 Å².